The van der Waals surface area contributed by atoms with Crippen molar-refractivity contribution in [3.8, 4) is 11.4 Å². The van der Waals surface area contributed by atoms with Crippen LogP contribution in [0.1, 0.15) is 53.2 Å². The van der Waals surface area contributed by atoms with Crippen LogP contribution in [0.3, 0.4) is 0 Å². The molecular formula is C19H21N5O2. The number of nitrogens with one attached hydrogen (secondary N) is 1. The Hall–Kier alpha value is -2.96. The van der Waals surface area contributed by atoms with Gasteiger partial charge in [0, 0.05) is 25.2 Å². The molecule has 0 unspecified atom stereocenters. The number of aryl methyl sites for hydroxylation is 3. The third-order valence-electron chi connectivity index (χ3n) is 4.76. The molecular weight excluding hydrogens is 330 g/mol. The first-order chi connectivity index (χ1) is 12.6. The van der Waals surface area contributed by atoms with Crippen LogP contribution in [0.4, 0.5) is 0 Å². The van der Waals surface area contributed by atoms with Crippen LogP contribution in [0.2, 0.25) is 0 Å². The van der Waals surface area contributed by atoms with E-state index in [1.54, 1.807) is 24.1 Å². The molecule has 0 saturated carbocycles. The summed E-state index contributed by atoms with van der Waals surface area (Å²) in [5.74, 6) is 1.16. The minimum Gasteiger partial charge on any atom is -0.345 e. The average molecular weight is 351 g/mol. The molecule has 0 spiro atoms. The molecule has 1 amide bonds. The van der Waals surface area contributed by atoms with Gasteiger partial charge in [-0.2, -0.15) is 10.1 Å². The van der Waals surface area contributed by atoms with E-state index in [9.17, 15) is 4.79 Å². The fourth-order valence-corrected chi connectivity index (χ4v) is 3.40. The number of benzene rings is 1. The van der Waals surface area contributed by atoms with Gasteiger partial charge in [0.05, 0.1) is 17.8 Å². The van der Waals surface area contributed by atoms with E-state index in [1.807, 2.05) is 13.0 Å². The van der Waals surface area contributed by atoms with E-state index >= 15 is 0 Å². The van der Waals surface area contributed by atoms with Gasteiger partial charge in [-0.25, -0.2) is 0 Å². The van der Waals surface area contributed by atoms with E-state index < -0.39 is 0 Å². The third-order valence-corrected chi connectivity index (χ3v) is 4.76. The zero-order chi connectivity index (χ0) is 18.1. The molecule has 0 fully saturated rings. The van der Waals surface area contributed by atoms with E-state index in [4.69, 9.17) is 4.52 Å². The maximum Gasteiger partial charge on any atom is 0.254 e. The van der Waals surface area contributed by atoms with Gasteiger partial charge < -0.3 is 9.84 Å². The van der Waals surface area contributed by atoms with Crippen LogP contribution in [0.5, 0.6) is 0 Å². The molecule has 26 heavy (non-hydrogen) atoms. The first-order valence-electron chi connectivity index (χ1n) is 8.89. The summed E-state index contributed by atoms with van der Waals surface area (Å²) in [4.78, 5) is 16.9. The quantitative estimate of drug-likeness (QED) is 0.781. The number of hydrogen-bond donors (Lipinski definition) is 1. The second kappa shape index (κ2) is 6.74. The molecule has 7 heteroatoms. The molecule has 0 saturated heterocycles. The zero-order valence-corrected chi connectivity index (χ0v) is 14.9. The van der Waals surface area contributed by atoms with Crippen LogP contribution in [-0.2, 0) is 19.9 Å². The van der Waals surface area contributed by atoms with Gasteiger partial charge in [0.15, 0.2) is 0 Å². The number of aromatic nitrogens is 4. The van der Waals surface area contributed by atoms with Crippen LogP contribution in [0.15, 0.2) is 35.1 Å². The lowest BCUT2D eigenvalue weighted by Crippen LogP contribution is -2.30. The number of hydrogen-bond acceptors (Lipinski definition) is 5. The lowest BCUT2D eigenvalue weighted by atomic mass is 9.86. The maximum atomic E-state index is 12.5. The van der Waals surface area contributed by atoms with Gasteiger partial charge in [-0.1, -0.05) is 24.2 Å². The molecule has 2 aromatic heterocycles. The van der Waals surface area contributed by atoms with Gasteiger partial charge in [0.25, 0.3) is 5.91 Å². The van der Waals surface area contributed by atoms with Crippen LogP contribution < -0.4 is 5.32 Å². The maximum absolute atomic E-state index is 12.5. The van der Waals surface area contributed by atoms with Crippen LogP contribution in [0, 0.1) is 0 Å². The van der Waals surface area contributed by atoms with Gasteiger partial charge >= 0.3 is 0 Å². The summed E-state index contributed by atoms with van der Waals surface area (Å²) in [5, 5.41) is 11.2. The Balaban J connectivity index is 1.57. The zero-order valence-electron chi connectivity index (χ0n) is 14.9. The molecule has 7 nitrogen and oxygen atoms in total. The highest BCUT2D eigenvalue weighted by molar-refractivity contribution is 5.94. The average Bonchev–Trinajstić information content (AvgIpc) is 3.30. The van der Waals surface area contributed by atoms with Crippen molar-refractivity contribution in [2.75, 3.05) is 0 Å². The topological polar surface area (TPSA) is 85.8 Å². The molecule has 1 aliphatic carbocycles. The Morgan fingerprint density at radius 3 is 3.04 bits per heavy atom. The molecule has 2 heterocycles. The van der Waals surface area contributed by atoms with Gasteiger partial charge in [-0.05, 0) is 36.5 Å². The van der Waals surface area contributed by atoms with Crippen LogP contribution in [-0.4, -0.2) is 25.8 Å². The molecule has 1 aliphatic rings. The van der Waals surface area contributed by atoms with Crippen molar-refractivity contribution in [3.63, 3.8) is 0 Å². The van der Waals surface area contributed by atoms with Gasteiger partial charge in [0.1, 0.15) is 0 Å². The lowest BCUT2D eigenvalue weighted by molar-refractivity contribution is 0.0932. The van der Waals surface area contributed by atoms with Crippen molar-refractivity contribution >= 4 is 5.91 Å². The minimum atomic E-state index is -0.0919. The first kappa shape index (κ1) is 16.5. The molecule has 1 atom stereocenters. The number of carbonyl (C=O) groups excluding carboxylic acids is 1. The SMILES string of the molecule is CCc1nc(-c2ccc3c(c2)CCC[C@H]3NC(=O)c2cnn(C)c2)no1. The molecule has 0 bridgehead atoms. The standard InChI is InChI=1S/C19H21N5O2/c1-3-17-22-18(23-26-17)13-7-8-15-12(9-13)5-4-6-16(15)21-19(25)14-10-20-24(2)11-14/h7-11,16H,3-6H2,1-2H3,(H,21,25)/t16-/m1/s1. The molecule has 134 valence electrons. The number of fused-ring (bicyclic) bond motifs is 1. The van der Waals surface area contributed by atoms with Gasteiger partial charge in [0.2, 0.25) is 11.7 Å². The van der Waals surface area contributed by atoms with Crippen LogP contribution >= 0.6 is 0 Å². The Labute approximate surface area is 151 Å². The monoisotopic (exact) mass is 351 g/mol. The fraction of sp³-hybridized carbons (Fsp3) is 0.368. The first-order valence-corrected chi connectivity index (χ1v) is 8.89. The molecule has 0 aliphatic heterocycles. The number of carbonyl (C=O) groups is 1. The Kier molecular flexibility index (Phi) is 4.28. The Morgan fingerprint density at radius 2 is 2.31 bits per heavy atom. The highest BCUT2D eigenvalue weighted by Gasteiger charge is 2.23. The smallest absolute Gasteiger partial charge is 0.254 e. The predicted molar refractivity (Wildman–Crippen MR) is 95.5 cm³/mol. The largest absolute Gasteiger partial charge is 0.345 e. The summed E-state index contributed by atoms with van der Waals surface area (Å²) in [6.45, 7) is 1.99. The Morgan fingerprint density at radius 1 is 1.42 bits per heavy atom. The number of nitrogens with zero attached hydrogens (tertiary/aromatic N) is 4. The van der Waals surface area contributed by atoms with Crippen molar-refractivity contribution in [1.82, 2.24) is 25.2 Å². The Bertz CT molecular complexity index is 943. The van der Waals surface area contributed by atoms with Crippen LogP contribution in [0.25, 0.3) is 11.4 Å². The second-order valence-corrected chi connectivity index (χ2v) is 6.60. The summed E-state index contributed by atoms with van der Waals surface area (Å²) >= 11 is 0. The van der Waals surface area contributed by atoms with Crippen molar-refractivity contribution in [1.29, 1.82) is 0 Å². The summed E-state index contributed by atoms with van der Waals surface area (Å²) < 4.78 is 6.84. The van der Waals surface area contributed by atoms with Crippen molar-refractivity contribution < 1.29 is 9.32 Å². The highest BCUT2D eigenvalue weighted by atomic mass is 16.5. The third kappa shape index (κ3) is 3.12. The molecule has 1 N–H and O–H groups in total. The number of amides is 1. The fourth-order valence-electron chi connectivity index (χ4n) is 3.40. The summed E-state index contributed by atoms with van der Waals surface area (Å²) in [5.41, 5.74) is 3.92. The normalized spacial score (nSPS) is 16.3. The second-order valence-electron chi connectivity index (χ2n) is 6.60. The van der Waals surface area contributed by atoms with Gasteiger partial charge in [-0.3, -0.25) is 9.48 Å². The number of rotatable bonds is 4. The lowest BCUT2D eigenvalue weighted by Gasteiger charge is -2.26. The molecule has 0 radical (unpaired) electrons. The predicted octanol–water partition coefficient (Wildman–Crippen LogP) is 2.84. The summed E-state index contributed by atoms with van der Waals surface area (Å²) in [6.07, 6.45) is 6.98. The van der Waals surface area contributed by atoms with Crippen molar-refractivity contribution in [2.24, 2.45) is 7.05 Å². The van der Waals surface area contributed by atoms with E-state index in [0.29, 0.717) is 17.3 Å². The van der Waals surface area contributed by atoms with E-state index in [-0.39, 0.29) is 11.9 Å². The van der Waals surface area contributed by atoms with E-state index in [2.05, 4.69) is 32.7 Å². The molecule has 4 rings (SSSR count). The van der Waals surface area contributed by atoms with Crippen molar-refractivity contribution in [2.45, 2.75) is 38.6 Å². The molecule has 3 aromatic rings. The summed E-state index contributed by atoms with van der Waals surface area (Å²) in [6, 6.07) is 6.19. The summed E-state index contributed by atoms with van der Waals surface area (Å²) in [7, 11) is 1.80. The van der Waals surface area contributed by atoms with Gasteiger partial charge in [-0.15, -0.1) is 0 Å². The minimum absolute atomic E-state index is 0.0111. The van der Waals surface area contributed by atoms with E-state index in [1.165, 1.54) is 5.56 Å². The van der Waals surface area contributed by atoms with Crippen molar-refractivity contribution in [3.05, 3.63) is 53.2 Å². The highest BCUT2D eigenvalue weighted by Crippen LogP contribution is 2.32. The van der Waals surface area contributed by atoms with E-state index in [0.717, 1.165) is 36.8 Å². The molecule has 1 aromatic carbocycles.